The molecule has 0 spiro atoms. The van der Waals surface area contributed by atoms with Crippen LogP contribution in [0.3, 0.4) is 0 Å². The van der Waals surface area contributed by atoms with Gasteiger partial charge in [-0.2, -0.15) is 0 Å². The highest BCUT2D eigenvalue weighted by molar-refractivity contribution is 7.93. The van der Waals surface area contributed by atoms with E-state index < -0.39 is 32.0 Å². The third kappa shape index (κ3) is 4.86. The molecule has 1 aromatic rings. The molecule has 4 nitrogen and oxygen atoms in total. The van der Waals surface area contributed by atoms with Gasteiger partial charge in [0, 0.05) is 12.8 Å². The molecule has 0 N–H and O–H groups in total. The molecule has 0 aromatic heterocycles. The Morgan fingerprint density at radius 2 is 1.50 bits per heavy atom. The molecule has 0 amide bonds. The van der Waals surface area contributed by atoms with Crippen molar-refractivity contribution in [1.29, 1.82) is 0 Å². The number of halogens is 1. The summed E-state index contributed by atoms with van der Waals surface area (Å²) in [5.74, 6) is 9.11. The first-order valence-corrected chi connectivity index (χ1v) is 9.51. The van der Waals surface area contributed by atoms with Crippen molar-refractivity contribution in [2.45, 2.75) is 62.7 Å². The van der Waals surface area contributed by atoms with Crippen molar-refractivity contribution < 1.29 is 22.3 Å². The fourth-order valence-electron chi connectivity index (χ4n) is 2.18. The number of carbonyl (C=O) groups is 1. The van der Waals surface area contributed by atoms with Gasteiger partial charge >= 0.3 is 5.97 Å². The second kappa shape index (κ2) is 8.38. The van der Waals surface area contributed by atoms with Gasteiger partial charge in [0.1, 0.15) is 11.4 Å². The molecule has 0 heterocycles. The topological polar surface area (TPSA) is 60.4 Å². The Kier molecular flexibility index (Phi) is 7.00. The lowest BCUT2D eigenvalue weighted by molar-refractivity contribution is -0.157. The smallest absolute Gasteiger partial charge is 0.330 e. The molecule has 1 aromatic carbocycles. The number of hydrogen-bond acceptors (Lipinski definition) is 4. The Balaban J connectivity index is 3.66. The van der Waals surface area contributed by atoms with Crippen LogP contribution in [0.4, 0.5) is 4.39 Å². The van der Waals surface area contributed by atoms with E-state index in [9.17, 15) is 17.6 Å². The highest BCUT2D eigenvalue weighted by atomic mass is 32.2. The Morgan fingerprint density at radius 3 is 1.88 bits per heavy atom. The Hall–Kier alpha value is -2.31. The average Bonchev–Trinajstić information content (AvgIpc) is 2.53. The number of benzene rings is 1. The highest BCUT2D eigenvalue weighted by Gasteiger charge is 2.53. The molecule has 0 fully saturated rings. The van der Waals surface area contributed by atoms with E-state index in [1.165, 1.54) is 0 Å². The standard InChI is InChI=1S/C20H23FO4S/c1-6-8-14-20(15-9-7-2,18(22)25-19(3,4)5)26(23,24)17-12-10-16(21)11-13-17/h10-13H,14-15H2,1-5H3. The van der Waals surface area contributed by atoms with Crippen LogP contribution >= 0.6 is 0 Å². The summed E-state index contributed by atoms with van der Waals surface area (Å²) in [5.41, 5.74) is -0.889. The number of sulfone groups is 1. The van der Waals surface area contributed by atoms with Gasteiger partial charge in [0.2, 0.25) is 0 Å². The van der Waals surface area contributed by atoms with Gasteiger partial charge in [-0.1, -0.05) is 0 Å². The van der Waals surface area contributed by atoms with Crippen LogP contribution in [-0.2, 0) is 19.4 Å². The van der Waals surface area contributed by atoms with Crippen molar-refractivity contribution in [3.63, 3.8) is 0 Å². The maximum Gasteiger partial charge on any atom is 0.330 e. The molecule has 0 radical (unpaired) electrons. The molecule has 0 aliphatic carbocycles. The van der Waals surface area contributed by atoms with Crippen molar-refractivity contribution in [2.75, 3.05) is 0 Å². The molecule has 26 heavy (non-hydrogen) atoms. The summed E-state index contributed by atoms with van der Waals surface area (Å²) in [6, 6.07) is 4.32. The number of carbonyl (C=O) groups excluding carboxylic acids is 1. The third-order valence-electron chi connectivity index (χ3n) is 3.51. The fourth-order valence-corrected chi connectivity index (χ4v) is 3.91. The van der Waals surface area contributed by atoms with Crippen molar-refractivity contribution in [3.8, 4) is 23.7 Å². The second-order valence-corrected chi connectivity index (χ2v) is 8.92. The van der Waals surface area contributed by atoms with E-state index in [-0.39, 0.29) is 17.7 Å². The minimum absolute atomic E-state index is 0.180. The first kappa shape index (κ1) is 21.7. The normalized spacial score (nSPS) is 11.6. The predicted octanol–water partition coefficient (Wildman–Crippen LogP) is 3.51. The highest BCUT2D eigenvalue weighted by Crippen LogP contribution is 2.35. The zero-order valence-corrected chi connectivity index (χ0v) is 16.5. The van der Waals surface area contributed by atoms with E-state index in [4.69, 9.17) is 4.74 Å². The van der Waals surface area contributed by atoms with E-state index in [0.29, 0.717) is 0 Å². The molecule has 6 heteroatoms. The van der Waals surface area contributed by atoms with Crippen LogP contribution in [0, 0.1) is 29.5 Å². The SMILES string of the molecule is CC#CCC(CC#CC)(C(=O)OC(C)(C)C)S(=O)(=O)c1ccc(F)cc1. The third-order valence-corrected chi connectivity index (χ3v) is 5.89. The summed E-state index contributed by atoms with van der Waals surface area (Å²) in [6.45, 7) is 8.05. The first-order chi connectivity index (χ1) is 12.0. The van der Waals surface area contributed by atoms with Gasteiger partial charge in [-0.15, -0.1) is 23.7 Å². The summed E-state index contributed by atoms with van der Waals surface area (Å²) >= 11 is 0. The van der Waals surface area contributed by atoms with Crippen molar-refractivity contribution in [2.24, 2.45) is 0 Å². The predicted molar refractivity (Wildman–Crippen MR) is 98.3 cm³/mol. The van der Waals surface area contributed by atoms with Gasteiger partial charge in [0.25, 0.3) is 0 Å². The summed E-state index contributed by atoms with van der Waals surface area (Å²) < 4.78 is 43.3. The van der Waals surface area contributed by atoms with Crippen LogP contribution in [0.5, 0.6) is 0 Å². The van der Waals surface area contributed by atoms with Gasteiger partial charge in [-0.25, -0.2) is 12.8 Å². The molecule has 1 rings (SSSR count). The van der Waals surface area contributed by atoms with Gasteiger partial charge in [-0.05, 0) is 58.9 Å². The monoisotopic (exact) mass is 378 g/mol. The molecular formula is C20H23FO4S. The van der Waals surface area contributed by atoms with E-state index >= 15 is 0 Å². The van der Waals surface area contributed by atoms with Gasteiger partial charge in [-0.3, -0.25) is 4.79 Å². The van der Waals surface area contributed by atoms with Crippen LogP contribution in [0.2, 0.25) is 0 Å². The molecule has 0 aliphatic heterocycles. The lowest BCUT2D eigenvalue weighted by Crippen LogP contribution is -2.49. The molecule has 0 saturated heterocycles. The van der Waals surface area contributed by atoms with Crippen LogP contribution in [-0.4, -0.2) is 24.7 Å². The van der Waals surface area contributed by atoms with Crippen molar-refractivity contribution in [3.05, 3.63) is 30.1 Å². The van der Waals surface area contributed by atoms with Gasteiger partial charge in [0.05, 0.1) is 4.90 Å². The molecule has 0 unspecified atom stereocenters. The molecule has 0 aliphatic rings. The minimum atomic E-state index is -4.24. The van der Waals surface area contributed by atoms with Crippen molar-refractivity contribution in [1.82, 2.24) is 0 Å². The largest absolute Gasteiger partial charge is 0.459 e. The maximum atomic E-state index is 13.3. The van der Waals surface area contributed by atoms with Crippen LogP contribution in [0.15, 0.2) is 29.2 Å². The molecule has 0 bridgehead atoms. The number of rotatable bonds is 5. The number of esters is 1. The Morgan fingerprint density at radius 1 is 1.04 bits per heavy atom. The quantitative estimate of drug-likeness (QED) is 0.447. The lowest BCUT2D eigenvalue weighted by Gasteiger charge is -2.31. The summed E-state index contributed by atoms with van der Waals surface area (Å²) in [6.07, 6.45) is -0.542. The molecular weight excluding hydrogens is 355 g/mol. The van der Waals surface area contributed by atoms with E-state index in [1.54, 1.807) is 34.6 Å². The zero-order chi connectivity index (χ0) is 20.0. The lowest BCUT2D eigenvalue weighted by atomic mass is 10.00. The average molecular weight is 378 g/mol. The Bertz CT molecular complexity index is 848. The van der Waals surface area contributed by atoms with Gasteiger partial charge in [0.15, 0.2) is 14.6 Å². The second-order valence-electron chi connectivity index (χ2n) is 6.66. The summed E-state index contributed by atoms with van der Waals surface area (Å²) in [4.78, 5) is 12.8. The molecule has 0 saturated carbocycles. The van der Waals surface area contributed by atoms with E-state index in [1.807, 2.05) is 0 Å². The van der Waals surface area contributed by atoms with E-state index in [0.717, 1.165) is 24.3 Å². The number of ether oxygens (including phenoxy) is 1. The maximum absolute atomic E-state index is 13.3. The van der Waals surface area contributed by atoms with Crippen LogP contribution in [0.1, 0.15) is 47.5 Å². The van der Waals surface area contributed by atoms with Crippen LogP contribution in [0.25, 0.3) is 0 Å². The van der Waals surface area contributed by atoms with Crippen molar-refractivity contribution >= 4 is 15.8 Å². The fraction of sp³-hybridized carbons (Fsp3) is 0.450. The van der Waals surface area contributed by atoms with Gasteiger partial charge < -0.3 is 4.74 Å². The zero-order valence-electron chi connectivity index (χ0n) is 15.6. The van der Waals surface area contributed by atoms with E-state index in [2.05, 4.69) is 23.7 Å². The van der Waals surface area contributed by atoms with Crippen LogP contribution < -0.4 is 0 Å². The molecule has 140 valence electrons. The number of hydrogen-bond donors (Lipinski definition) is 0. The summed E-state index contributed by atoms with van der Waals surface area (Å²) in [5, 5.41) is 0. The Labute approximate surface area is 155 Å². The summed E-state index contributed by atoms with van der Waals surface area (Å²) in [7, 11) is -4.24. The minimum Gasteiger partial charge on any atom is -0.459 e. The molecule has 0 atom stereocenters. The first-order valence-electron chi connectivity index (χ1n) is 8.03.